The molecule has 0 N–H and O–H groups in total. The summed E-state index contributed by atoms with van der Waals surface area (Å²) in [7, 11) is 0. The first-order valence-corrected chi connectivity index (χ1v) is 7.74. The van der Waals surface area contributed by atoms with Gasteiger partial charge in [0.1, 0.15) is 0 Å². The minimum absolute atomic E-state index is 0.639. The van der Waals surface area contributed by atoms with Crippen LogP contribution < -0.4 is 0 Å². The molecule has 2 nitrogen and oxygen atoms in total. The van der Waals surface area contributed by atoms with Gasteiger partial charge >= 0.3 is 0 Å². The van der Waals surface area contributed by atoms with Crippen LogP contribution in [0.2, 0.25) is 0 Å². The van der Waals surface area contributed by atoms with Crippen molar-refractivity contribution in [2.45, 2.75) is 0 Å². The van der Waals surface area contributed by atoms with E-state index >= 15 is 0 Å². The third kappa shape index (κ3) is 1.85. The molecule has 22 heavy (non-hydrogen) atoms. The summed E-state index contributed by atoms with van der Waals surface area (Å²) in [6, 6.07) is 22.4. The predicted octanol–water partition coefficient (Wildman–Crippen LogP) is 6.10. The summed E-state index contributed by atoms with van der Waals surface area (Å²) >= 11 is 3.63. The maximum Gasteiger partial charge on any atom is 0.189 e. The summed E-state index contributed by atoms with van der Waals surface area (Å²) in [5, 5.41) is 2.44. The van der Waals surface area contributed by atoms with E-state index in [1.807, 2.05) is 30.3 Å². The summed E-state index contributed by atoms with van der Waals surface area (Å²) in [6.45, 7) is 7.26. The van der Waals surface area contributed by atoms with Crippen molar-refractivity contribution in [3.05, 3.63) is 82.6 Å². The number of benzene rings is 3. The maximum absolute atomic E-state index is 7.26. The van der Waals surface area contributed by atoms with Crippen LogP contribution in [0.1, 0.15) is 0 Å². The van der Waals surface area contributed by atoms with Crippen LogP contribution in [0, 0.1) is 6.57 Å². The lowest BCUT2D eigenvalue weighted by Gasteiger charge is -2.10. The Hall–Kier alpha value is -2.57. The van der Waals surface area contributed by atoms with Gasteiger partial charge in [0.05, 0.1) is 17.6 Å². The average molecular weight is 347 g/mol. The molecule has 0 radical (unpaired) electrons. The van der Waals surface area contributed by atoms with Gasteiger partial charge in [-0.2, -0.15) is 0 Å². The quantitative estimate of drug-likeness (QED) is 0.368. The molecule has 0 atom stereocenters. The van der Waals surface area contributed by atoms with E-state index in [4.69, 9.17) is 6.57 Å². The lowest BCUT2D eigenvalue weighted by atomic mass is 10.2. The molecule has 4 rings (SSSR count). The van der Waals surface area contributed by atoms with Gasteiger partial charge < -0.3 is 4.57 Å². The maximum atomic E-state index is 7.26. The molecular weight excluding hydrogens is 336 g/mol. The molecule has 0 aliphatic carbocycles. The number of nitrogens with zero attached hydrogens (tertiary/aromatic N) is 2. The average Bonchev–Trinajstić information content (AvgIpc) is 2.90. The number of aromatic nitrogens is 1. The normalized spacial score (nSPS) is 10.9. The molecular formula is C19H11BrN2. The number of halogens is 1. The van der Waals surface area contributed by atoms with E-state index in [0.717, 1.165) is 21.2 Å². The predicted molar refractivity (Wildman–Crippen MR) is 94.7 cm³/mol. The van der Waals surface area contributed by atoms with E-state index in [1.54, 1.807) is 0 Å². The van der Waals surface area contributed by atoms with Gasteiger partial charge in [-0.25, -0.2) is 4.85 Å². The molecule has 3 heteroatoms. The highest BCUT2D eigenvalue weighted by molar-refractivity contribution is 9.10. The fourth-order valence-corrected chi connectivity index (χ4v) is 3.35. The van der Waals surface area contributed by atoms with Crippen molar-refractivity contribution in [3.63, 3.8) is 0 Å². The van der Waals surface area contributed by atoms with Crippen LogP contribution in [0.25, 0.3) is 32.3 Å². The second-order valence-corrected chi connectivity index (χ2v) is 5.97. The second kappa shape index (κ2) is 5.01. The summed E-state index contributed by atoms with van der Waals surface area (Å²) in [5.74, 6) is 0. The molecule has 0 unspecified atom stereocenters. The zero-order valence-electron chi connectivity index (χ0n) is 11.6. The Morgan fingerprint density at radius 1 is 0.818 bits per heavy atom. The molecule has 0 aliphatic rings. The molecule has 0 aliphatic heterocycles. The van der Waals surface area contributed by atoms with E-state index in [9.17, 15) is 0 Å². The molecule has 4 aromatic rings. The van der Waals surface area contributed by atoms with Gasteiger partial charge in [-0.3, -0.25) is 0 Å². The van der Waals surface area contributed by atoms with Crippen molar-refractivity contribution in [1.29, 1.82) is 0 Å². The molecule has 0 fully saturated rings. The summed E-state index contributed by atoms with van der Waals surface area (Å²) in [6.07, 6.45) is 0. The molecule has 1 aromatic heterocycles. The summed E-state index contributed by atoms with van der Waals surface area (Å²) in [5.41, 5.74) is 3.92. The Morgan fingerprint density at radius 3 is 2.00 bits per heavy atom. The van der Waals surface area contributed by atoms with Crippen LogP contribution >= 0.6 is 15.9 Å². The summed E-state index contributed by atoms with van der Waals surface area (Å²) in [4.78, 5) is 3.56. The van der Waals surface area contributed by atoms with Crippen molar-refractivity contribution >= 4 is 43.4 Å². The van der Waals surface area contributed by atoms with Crippen LogP contribution in [0.4, 0.5) is 5.69 Å². The van der Waals surface area contributed by atoms with Gasteiger partial charge in [-0.05, 0) is 34.1 Å². The molecule has 0 saturated heterocycles. The Bertz CT molecular complexity index is 1000. The first-order chi connectivity index (χ1) is 10.8. The van der Waals surface area contributed by atoms with Crippen LogP contribution in [0.5, 0.6) is 0 Å². The molecule has 3 aromatic carbocycles. The minimum Gasteiger partial charge on any atom is -0.309 e. The largest absolute Gasteiger partial charge is 0.309 e. The lowest BCUT2D eigenvalue weighted by molar-refractivity contribution is 1.17. The van der Waals surface area contributed by atoms with Crippen molar-refractivity contribution in [2.75, 3.05) is 0 Å². The van der Waals surface area contributed by atoms with E-state index in [0.29, 0.717) is 5.69 Å². The Labute approximate surface area is 136 Å². The highest BCUT2D eigenvalue weighted by atomic mass is 79.9. The van der Waals surface area contributed by atoms with Crippen LogP contribution in [-0.2, 0) is 0 Å². The molecule has 0 bridgehead atoms. The Morgan fingerprint density at radius 2 is 1.41 bits per heavy atom. The van der Waals surface area contributed by atoms with E-state index < -0.39 is 0 Å². The molecule has 0 saturated carbocycles. The van der Waals surface area contributed by atoms with Crippen molar-refractivity contribution in [3.8, 4) is 5.69 Å². The first kappa shape index (κ1) is 13.1. The third-order valence-corrected chi connectivity index (χ3v) is 4.55. The molecule has 0 amide bonds. The van der Waals surface area contributed by atoms with Gasteiger partial charge in [-0.1, -0.05) is 48.5 Å². The molecule has 104 valence electrons. The number of hydrogen-bond acceptors (Lipinski definition) is 0. The van der Waals surface area contributed by atoms with Crippen molar-refractivity contribution in [2.24, 2.45) is 0 Å². The highest BCUT2D eigenvalue weighted by Crippen LogP contribution is 2.35. The van der Waals surface area contributed by atoms with Crippen LogP contribution in [-0.4, -0.2) is 4.57 Å². The minimum atomic E-state index is 0.639. The summed E-state index contributed by atoms with van der Waals surface area (Å²) < 4.78 is 3.19. The smallest absolute Gasteiger partial charge is 0.189 e. The van der Waals surface area contributed by atoms with E-state index in [2.05, 4.69) is 61.7 Å². The zero-order chi connectivity index (χ0) is 15.1. The van der Waals surface area contributed by atoms with Gasteiger partial charge in [0.2, 0.25) is 0 Å². The number of rotatable bonds is 1. The van der Waals surface area contributed by atoms with Gasteiger partial charge in [0.25, 0.3) is 0 Å². The zero-order valence-corrected chi connectivity index (χ0v) is 13.2. The molecule has 1 heterocycles. The van der Waals surface area contributed by atoms with Crippen molar-refractivity contribution < 1.29 is 0 Å². The van der Waals surface area contributed by atoms with E-state index in [1.165, 1.54) is 10.8 Å². The van der Waals surface area contributed by atoms with Crippen LogP contribution in [0.15, 0.2) is 71.2 Å². The third-order valence-electron chi connectivity index (χ3n) is 3.88. The monoisotopic (exact) mass is 346 g/mol. The Balaban J connectivity index is 2.20. The number of para-hydroxylation sites is 2. The van der Waals surface area contributed by atoms with Crippen molar-refractivity contribution in [1.82, 2.24) is 4.57 Å². The van der Waals surface area contributed by atoms with Gasteiger partial charge in [0, 0.05) is 20.9 Å². The number of fused-ring (bicyclic) bond motifs is 3. The second-order valence-electron chi connectivity index (χ2n) is 5.12. The standard InChI is InChI=1S/C19H11BrN2/c1-21-13-10-11-16(20)19(12-13)22-17-8-4-2-6-14(17)15-7-3-5-9-18(15)22/h2-12H. The number of hydrogen-bond donors (Lipinski definition) is 0. The fourth-order valence-electron chi connectivity index (χ4n) is 2.92. The SMILES string of the molecule is [C-]#[N+]c1ccc(Br)c(-n2c3ccccc3c3ccccc32)c1. The topological polar surface area (TPSA) is 9.29 Å². The Kier molecular flexibility index (Phi) is 2.99. The molecule has 0 spiro atoms. The fraction of sp³-hybridized carbons (Fsp3) is 0. The first-order valence-electron chi connectivity index (χ1n) is 6.95. The van der Waals surface area contributed by atoms with E-state index in [-0.39, 0.29) is 0 Å². The van der Waals surface area contributed by atoms with Gasteiger partial charge in [0.15, 0.2) is 5.69 Å². The lowest BCUT2D eigenvalue weighted by Crippen LogP contribution is -1.94. The van der Waals surface area contributed by atoms with Crippen LogP contribution in [0.3, 0.4) is 0 Å². The highest BCUT2D eigenvalue weighted by Gasteiger charge is 2.13. The van der Waals surface area contributed by atoms with Gasteiger partial charge in [-0.15, -0.1) is 0 Å².